The Morgan fingerprint density at radius 3 is 2.71 bits per heavy atom. The average Bonchev–Trinajstić information content (AvgIpc) is 3.23. The van der Waals surface area contributed by atoms with Crippen molar-refractivity contribution < 1.29 is 4.39 Å². The van der Waals surface area contributed by atoms with Crippen LogP contribution in [0.25, 0.3) is 5.57 Å². The summed E-state index contributed by atoms with van der Waals surface area (Å²) in [6, 6.07) is 7.40. The maximum atomic E-state index is 14.0. The smallest absolute Gasteiger partial charge is 0.127 e. The van der Waals surface area contributed by atoms with Crippen molar-refractivity contribution in [3.05, 3.63) is 41.3 Å². The summed E-state index contributed by atoms with van der Waals surface area (Å²) in [5, 5.41) is 9.00. The Labute approximate surface area is 125 Å². The van der Waals surface area contributed by atoms with E-state index in [0.717, 1.165) is 12.8 Å². The van der Waals surface area contributed by atoms with Crippen LogP contribution in [0.1, 0.15) is 43.7 Å². The predicted octanol–water partition coefficient (Wildman–Crippen LogP) is 3.62. The number of hydrogen-bond acceptors (Lipinski definition) is 3. The van der Waals surface area contributed by atoms with Gasteiger partial charge in [0.05, 0.1) is 18.0 Å². The monoisotopic (exact) mass is 285 g/mol. The second-order valence-corrected chi connectivity index (χ2v) is 5.87. The molecular formula is C17H20FN3. The van der Waals surface area contributed by atoms with Gasteiger partial charge >= 0.3 is 0 Å². The molecule has 0 aliphatic heterocycles. The van der Waals surface area contributed by atoms with E-state index < -0.39 is 0 Å². The molecular weight excluding hydrogens is 265 g/mol. The first-order chi connectivity index (χ1) is 10.0. The van der Waals surface area contributed by atoms with E-state index in [2.05, 4.69) is 11.1 Å². The maximum Gasteiger partial charge on any atom is 0.127 e. The van der Waals surface area contributed by atoms with E-state index in [1.54, 1.807) is 12.3 Å². The summed E-state index contributed by atoms with van der Waals surface area (Å²) in [6.45, 7) is 4.39. The molecule has 1 aromatic carbocycles. The highest BCUT2D eigenvalue weighted by atomic mass is 19.1. The van der Waals surface area contributed by atoms with Gasteiger partial charge in [-0.05, 0) is 36.0 Å². The molecule has 0 saturated heterocycles. The summed E-state index contributed by atoms with van der Waals surface area (Å²) in [4.78, 5) is 4.29. The van der Waals surface area contributed by atoms with Crippen molar-refractivity contribution in [1.82, 2.24) is 0 Å². The van der Waals surface area contributed by atoms with E-state index in [9.17, 15) is 4.39 Å². The molecule has 2 rings (SSSR count). The lowest BCUT2D eigenvalue weighted by Gasteiger charge is -2.09. The fourth-order valence-electron chi connectivity index (χ4n) is 2.16. The van der Waals surface area contributed by atoms with E-state index in [0.29, 0.717) is 23.2 Å². The molecule has 0 spiro atoms. The number of nitrogens with zero attached hydrogens (tertiary/aromatic N) is 2. The SMILES string of the molecule is CC(C)c1ccc(/C(C=NCC2(C#N)CC2)=C/N)cc1F. The summed E-state index contributed by atoms with van der Waals surface area (Å²) in [5.41, 5.74) is 7.39. The molecule has 3 nitrogen and oxygen atoms in total. The van der Waals surface area contributed by atoms with E-state index >= 15 is 0 Å². The van der Waals surface area contributed by atoms with Gasteiger partial charge in [-0.1, -0.05) is 26.0 Å². The lowest BCUT2D eigenvalue weighted by atomic mass is 9.98. The average molecular weight is 285 g/mol. The fourth-order valence-corrected chi connectivity index (χ4v) is 2.16. The maximum absolute atomic E-state index is 14.0. The van der Waals surface area contributed by atoms with Crippen molar-refractivity contribution in [2.75, 3.05) is 6.54 Å². The third-order valence-electron chi connectivity index (χ3n) is 3.85. The Bertz CT molecular complexity index is 619. The van der Waals surface area contributed by atoms with Gasteiger partial charge < -0.3 is 5.73 Å². The zero-order chi connectivity index (χ0) is 15.5. The largest absolute Gasteiger partial charge is 0.404 e. The van der Waals surface area contributed by atoms with Crippen molar-refractivity contribution in [3.8, 4) is 6.07 Å². The minimum Gasteiger partial charge on any atom is -0.404 e. The van der Waals surface area contributed by atoms with Crippen molar-refractivity contribution in [2.24, 2.45) is 16.1 Å². The van der Waals surface area contributed by atoms with Crippen molar-refractivity contribution in [1.29, 1.82) is 5.26 Å². The second kappa shape index (κ2) is 6.09. The number of rotatable bonds is 5. The number of aliphatic imine (C=N–C) groups is 1. The zero-order valence-corrected chi connectivity index (χ0v) is 12.4. The summed E-state index contributed by atoms with van der Waals surface area (Å²) in [7, 11) is 0. The van der Waals surface area contributed by atoms with Gasteiger partial charge in [-0.25, -0.2) is 4.39 Å². The van der Waals surface area contributed by atoms with E-state index in [1.165, 1.54) is 12.3 Å². The molecule has 0 atom stereocenters. The Hall–Kier alpha value is -2.15. The molecule has 1 fully saturated rings. The quantitative estimate of drug-likeness (QED) is 0.840. The van der Waals surface area contributed by atoms with Gasteiger partial charge in [0.25, 0.3) is 0 Å². The van der Waals surface area contributed by atoms with Crippen LogP contribution >= 0.6 is 0 Å². The minimum atomic E-state index is -0.275. The Balaban J connectivity index is 2.13. The van der Waals surface area contributed by atoms with Gasteiger partial charge in [0.1, 0.15) is 5.82 Å². The van der Waals surface area contributed by atoms with Crippen LogP contribution in [0.2, 0.25) is 0 Å². The molecule has 0 radical (unpaired) electrons. The Morgan fingerprint density at radius 2 is 2.24 bits per heavy atom. The molecule has 1 aromatic rings. The third kappa shape index (κ3) is 3.49. The summed E-state index contributed by atoms with van der Waals surface area (Å²) in [6.07, 6.45) is 4.85. The number of halogens is 1. The first-order valence-corrected chi connectivity index (χ1v) is 7.14. The highest BCUT2D eigenvalue weighted by molar-refractivity contribution is 6.09. The Kier molecular flexibility index (Phi) is 4.42. The van der Waals surface area contributed by atoms with E-state index in [-0.39, 0.29) is 17.2 Å². The van der Waals surface area contributed by atoms with Gasteiger partial charge in [-0.2, -0.15) is 5.26 Å². The topological polar surface area (TPSA) is 62.2 Å². The highest BCUT2D eigenvalue weighted by Gasteiger charge is 2.42. The number of nitrogens with two attached hydrogens (primary N) is 1. The number of hydrogen-bond donors (Lipinski definition) is 1. The van der Waals surface area contributed by atoms with E-state index in [4.69, 9.17) is 11.0 Å². The highest BCUT2D eigenvalue weighted by Crippen LogP contribution is 2.44. The van der Waals surface area contributed by atoms with E-state index in [1.807, 2.05) is 19.9 Å². The molecule has 1 saturated carbocycles. The van der Waals surface area contributed by atoms with Crippen LogP contribution in [0.3, 0.4) is 0 Å². The number of allylic oxidation sites excluding steroid dienone is 1. The normalized spacial score (nSPS) is 17.2. The van der Waals surface area contributed by atoms with Gasteiger partial charge in [-0.3, -0.25) is 4.99 Å². The minimum absolute atomic E-state index is 0.142. The van der Waals surface area contributed by atoms with Crippen molar-refractivity contribution in [3.63, 3.8) is 0 Å². The van der Waals surface area contributed by atoms with Gasteiger partial charge in [0.15, 0.2) is 0 Å². The van der Waals surface area contributed by atoms with Crippen molar-refractivity contribution in [2.45, 2.75) is 32.6 Å². The lowest BCUT2D eigenvalue weighted by molar-refractivity contribution is 0.598. The van der Waals surface area contributed by atoms with Crippen LogP contribution in [-0.2, 0) is 0 Å². The summed E-state index contributed by atoms with van der Waals surface area (Å²) >= 11 is 0. The molecule has 2 N–H and O–H groups in total. The van der Waals surface area contributed by atoms with Crippen molar-refractivity contribution >= 4 is 11.8 Å². The fraction of sp³-hybridized carbons (Fsp3) is 0.412. The van der Waals surface area contributed by atoms with Crippen LogP contribution in [0.5, 0.6) is 0 Å². The van der Waals surface area contributed by atoms with Crippen LogP contribution in [0.15, 0.2) is 29.4 Å². The van der Waals surface area contributed by atoms with Gasteiger partial charge in [0.2, 0.25) is 0 Å². The molecule has 0 unspecified atom stereocenters. The number of benzene rings is 1. The molecule has 0 heterocycles. The first kappa shape index (κ1) is 15.2. The first-order valence-electron chi connectivity index (χ1n) is 7.14. The van der Waals surface area contributed by atoms with Crippen LogP contribution < -0.4 is 5.73 Å². The molecule has 0 aromatic heterocycles. The molecule has 0 amide bonds. The molecule has 110 valence electrons. The lowest BCUT2D eigenvalue weighted by Crippen LogP contribution is -2.02. The second-order valence-electron chi connectivity index (χ2n) is 5.87. The van der Waals surface area contributed by atoms with Crippen LogP contribution in [0.4, 0.5) is 4.39 Å². The molecule has 1 aliphatic carbocycles. The Morgan fingerprint density at radius 1 is 1.52 bits per heavy atom. The third-order valence-corrected chi connectivity index (χ3v) is 3.85. The molecule has 0 bridgehead atoms. The van der Waals surface area contributed by atoms with Crippen LogP contribution in [0, 0.1) is 22.6 Å². The predicted molar refractivity (Wildman–Crippen MR) is 83.3 cm³/mol. The standard InChI is InChI=1S/C17H20FN3/c1-12(2)15-4-3-13(7-16(15)18)14(8-19)9-21-11-17(10-20)5-6-17/h3-4,7-9,12H,5-6,11,19H2,1-2H3/b14-8+,21-9?. The number of nitriles is 1. The molecule has 21 heavy (non-hydrogen) atoms. The summed E-state index contributed by atoms with van der Waals surface area (Å²) < 4.78 is 14.0. The van der Waals surface area contributed by atoms with Crippen LogP contribution in [-0.4, -0.2) is 12.8 Å². The molecule has 1 aliphatic rings. The summed E-state index contributed by atoms with van der Waals surface area (Å²) in [5.74, 6) is -0.0886. The van der Waals surface area contributed by atoms with Gasteiger partial charge in [0, 0.05) is 18.0 Å². The zero-order valence-electron chi connectivity index (χ0n) is 12.4. The molecule has 4 heteroatoms. The van der Waals surface area contributed by atoms with Gasteiger partial charge in [-0.15, -0.1) is 0 Å².